The molecular formula is C16H19N3O3. The molecule has 116 valence electrons. The Morgan fingerprint density at radius 1 is 1.32 bits per heavy atom. The molecule has 6 heteroatoms. The molecule has 22 heavy (non-hydrogen) atoms. The lowest BCUT2D eigenvalue weighted by molar-refractivity contribution is 0.102. The van der Waals surface area contributed by atoms with Crippen LogP contribution in [0.25, 0.3) is 0 Å². The second-order valence-corrected chi connectivity index (χ2v) is 4.82. The largest absolute Gasteiger partial charge is 0.380 e. The SMILES string of the molecule is CCOCCn1cc(C(=O)Nc2ccc(C)cn2)ccc1=O. The Balaban J connectivity index is 2.10. The summed E-state index contributed by atoms with van der Waals surface area (Å²) in [6.07, 6.45) is 3.21. The van der Waals surface area contributed by atoms with Crippen LogP contribution in [0.3, 0.4) is 0 Å². The molecule has 1 N–H and O–H groups in total. The van der Waals surface area contributed by atoms with E-state index in [1.807, 2.05) is 19.9 Å². The number of rotatable bonds is 6. The van der Waals surface area contributed by atoms with E-state index in [1.54, 1.807) is 12.3 Å². The molecule has 0 aliphatic heterocycles. The quantitative estimate of drug-likeness (QED) is 0.826. The number of aryl methyl sites for hydroxylation is 1. The number of amides is 1. The van der Waals surface area contributed by atoms with Gasteiger partial charge in [0.05, 0.1) is 12.2 Å². The van der Waals surface area contributed by atoms with E-state index >= 15 is 0 Å². The Morgan fingerprint density at radius 2 is 2.14 bits per heavy atom. The molecule has 0 radical (unpaired) electrons. The number of pyridine rings is 2. The van der Waals surface area contributed by atoms with Crippen LogP contribution in [0.15, 0.2) is 41.5 Å². The normalized spacial score (nSPS) is 10.5. The third-order valence-corrected chi connectivity index (χ3v) is 3.08. The maximum atomic E-state index is 12.2. The van der Waals surface area contributed by atoms with Crippen LogP contribution >= 0.6 is 0 Å². The number of ether oxygens (including phenoxy) is 1. The molecule has 0 fully saturated rings. The molecule has 0 saturated heterocycles. The molecule has 2 rings (SSSR count). The number of hydrogen-bond acceptors (Lipinski definition) is 4. The van der Waals surface area contributed by atoms with Gasteiger partial charge in [-0.05, 0) is 31.5 Å². The summed E-state index contributed by atoms with van der Waals surface area (Å²) in [4.78, 5) is 28.1. The van der Waals surface area contributed by atoms with Crippen molar-refractivity contribution in [3.63, 3.8) is 0 Å². The molecule has 1 amide bonds. The minimum Gasteiger partial charge on any atom is -0.380 e. The van der Waals surface area contributed by atoms with Crippen molar-refractivity contribution in [2.75, 3.05) is 18.5 Å². The van der Waals surface area contributed by atoms with Gasteiger partial charge < -0.3 is 14.6 Å². The summed E-state index contributed by atoms with van der Waals surface area (Å²) in [5, 5.41) is 2.70. The van der Waals surface area contributed by atoms with Gasteiger partial charge in [0.2, 0.25) is 0 Å². The Bertz CT molecular complexity index is 693. The topological polar surface area (TPSA) is 73.2 Å². The molecule has 0 spiro atoms. The fourth-order valence-corrected chi connectivity index (χ4v) is 1.88. The summed E-state index contributed by atoms with van der Waals surface area (Å²) in [5.41, 5.74) is 1.26. The summed E-state index contributed by atoms with van der Waals surface area (Å²) >= 11 is 0. The van der Waals surface area contributed by atoms with Crippen molar-refractivity contribution in [1.29, 1.82) is 0 Å². The zero-order valence-corrected chi connectivity index (χ0v) is 12.7. The summed E-state index contributed by atoms with van der Waals surface area (Å²) in [5.74, 6) is 0.171. The molecule has 0 aromatic carbocycles. The highest BCUT2D eigenvalue weighted by Crippen LogP contribution is 2.06. The minimum atomic E-state index is -0.304. The van der Waals surface area contributed by atoms with E-state index in [4.69, 9.17) is 4.74 Å². The molecular weight excluding hydrogens is 282 g/mol. The first-order chi connectivity index (χ1) is 10.6. The van der Waals surface area contributed by atoms with Crippen LogP contribution in [-0.4, -0.2) is 28.7 Å². The second-order valence-electron chi connectivity index (χ2n) is 4.82. The van der Waals surface area contributed by atoms with Crippen molar-refractivity contribution in [1.82, 2.24) is 9.55 Å². The summed E-state index contributed by atoms with van der Waals surface area (Å²) in [7, 11) is 0. The maximum absolute atomic E-state index is 12.2. The van der Waals surface area contributed by atoms with Gasteiger partial charge in [0.25, 0.3) is 11.5 Å². The highest BCUT2D eigenvalue weighted by Gasteiger charge is 2.08. The molecule has 0 saturated carbocycles. The molecule has 0 aliphatic rings. The average Bonchev–Trinajstić information content (AvgIpc) is 2.51. The van der Waals surface area contributed by atoms with Gasteiger partial charge in [0.1, 0.15) is 5.82 Å². The standard InChI is InChI=1S/C16H19N3O3/c1-3-22-9-8-19-11-13(5-7-15(19)20)16(21)18-14-6-4-12(2)10-17-14/h4-7,10-11H,3,8-9H2,1-2H3,(H,17,18,21). The van der Waals surface area contributed by atoms with Crippen molar-refractivity contribution in [2.45, 2.75) is 20.4 Å². The number of carbonyl (C=O) groups is 1. The van der Waals surface area contributed by atoms with Crippen molar-refractivity contribution in [3.05, 3.63) is 58.1 Å². The van der Waals surface area contributed by atoms with Gasteiger partial charge in [-0.15, -0.1) is 0 Å². The van der Waals surface area contributed by atoms with E-state index < -0.39 is 0 Å². The number of nitrogens with one attached hydrogen (secondary N) is 1. The molecule has 6 nitrogen and oxygen atoms in total. The zero-order valence-electron chi connectivity index (χ0n) is 12.7. The first kappa shape index (κ1) is 15.9. The van der Waals surface area contributed by atoms with Crippen LogP contribution in [0.1, 0.15) is 22.8 Å². The van der Waals surface area contributed by atoms with Crippen molar-refractivity contribution < 1.29 is 9.53 Å². The van der Waals surface area contributed by atoms with E-state index in [1.165, 1.54) is 22.9 Å². The number of aromatic nitrogens is 2. The van der Waals surface area contributed by atoms with Crippen LogP contribution in [0.2, 0.25) is 0 Å². The van der Waals surface area contributed by atoms with Crippen LogP contribution in [0, 0.1) is 6.92 Å². The molecule has 0 bridgehead atoms. The van der Waals surface area contributed by atoms with Gasteiger partial charge in [-0.1, -0.05) is 6.07 Å². The van der Waals surface area contributed by atoms with Gasteiger partial charge in [0.15, 0.2) is 0 Å². The highest BCUT2D eigenvalue weighted by molar-refractivity contribution is 6.03. The number of nitrogens with zero attached hydrogens (tertiary/aromatic N) is 2. The van der Waals surface area contributed by atoms with Gasteiger partial charge in [0, 0.05) is 31.6 Å². The monoisotopic (exact) mass is 301 g/mol. The Hall–Kier alpha value is -2.47. The third kappa shape index (κ3) is 4.26. The van der Waals surface area contributed by atoms with Crippen molar-refractivity contribution >= 4 is 11.7 Å². The van der Waals surface area contributed by atoms with E-state index in [0.717, 1.165) is 5.56 Å². The molecule has 2 aromatic heterocycles. The van der Waals surface area contributed by atoms with Gasteiger partial charge in [-0.2, -0.15) is 0 Å². The fourth-order valence-electron chi connectivity index (χ4n) is 1.88. The summed E-state index contributed by atoms with van der Waals surface area (Å²) in [6, 6.07) is 6.48. The van der Waals surface area contributed by atoms with E-state index in [0.29, 0.717) is 31.1 Å². The molecule has 0 unspecified atom stereocenters. The summed E-state index contributed by atoms with van der Waals surface area (Å²) in [6.45, 7) is 5.25. The number of anilines is 1. The Labute approximate surface area is 128 Å². The van der Waals surface area contributed by atoms with Gasteiger partial charge in [-0.3, -0.25) is 9.59 Å². The predicted molar refractivity (Wildman–Crippen MR) is 84.1 cm³/mol. The lowest BCUT2D eigenvalue weighted by Crippen LogP contribution is -2.24. The Morgan fingerprint density at radius 3 is 2.82 bits per heavy atom. The fraction of sp³-hybridized carbons (Fsp3) is 0.312. The van der Waals surface area contributed by atoms with Crippen molar-refractivity contribution in [3.8, 4) is 0 Å². The number of carbonyl (C=O) groups excluding carboxylic acids is 1. The predicted octanol–water partition coefficient (Wildman–Crippen LogP) is 1.84. The van der Waals surface area contributed by atoms with Gasteiger partial charge in [-0.25, -0.2) is 4.98 Å². The summed E-state index contributed by atoms with van der Waals surface area (Å²) < 4.78 is 6.69. The van der Waals surface area contributed by atoms with Crippen LogP contribution < -0.4 is 10.9 Å². The van der Waals surface area contributed by atoms with E-state index in [2.05, 4.69) is 10.3 Å². The van der Waals surface area contributed by atoms with Crippen LogP contribution in [-0.2, 0) is 11.3 Å². The van der Waals surface area contributed by atoms with E-state index in [-0.39, 0.29) is 11.5 Å². The molecule has 2 heterocycles. The highest BCUT2D eigenvalue weighted by atomic mass is 16.5. The van der Waals surface area contributed by atoms with Gasteiger partial charge >= 0.3 is 0 Å². The van der Waals surface area contributed by atoms with Crippen LogP contribution in [0.4, 0.5) is 5.82 Å². The van der Waals surface area contributed by atoms with Crippen LogP contribution in [0.5, 0.6) is 0 Å². The first-order valence-corrected chi connectivity index (χ1v) is 7.12. The lowest BCUT2D eigenvalue weighted by atomic mass is 10.2. The third-order valence-electron chi connectivity index (χ3n) is 3.08. The minimum absolute atomic E-state index is 0.162. The molecule has 2 aromatic rings. The first-order valence-electron chi connectivity index (χ1n) is 7.12. The maximum Gasteiger partial charge on any atom is 0.258 e. The smallest absolute Gasteiger partial charge is 0.258 e. The zero-order chi connectivity index (χ0) is 15.9. The molecule has 0 aliphatic carbocycles. The van der Waals surface area contributed by atoms with E-state index in [9.17, 15) is 9.59 Å². The molecule has 0 atom stereocenters. The number of hydrogen-bond donors (Lipinski definition) is 1. The average molecular weight is 301 g/mol. The second kappa shape index (κ2) is 7.51. The Kier molecular flexibility index (Phi) is 5.43. The van der Waals surface area contributed by atoms with Crippen molar-refractivity contribution in [2.24, 2.45) is 0 Å². The lowest BCUT2D eigenvalue weighted by Gasteiger charge is -2.09.